The van der Waals surface area contributed by atoms with Crippen LogP contribution in [0.4, 0.5) is 0 Å². The molecule has 0 unspecified atom stereocenters. The zero-order valence-electron chi connectivity index (χ0n) is 15.6. The van der Waals surface area contributed by atoms with Crippen molar-refractivity contribution < 1.29 is 4.42 Å². The summed E-state index contributed by atoms with van der Waals surface area (Å²) in [7, 11) is 0. The van der Waals surface area contributed by atoms with Gasteiger partial charge in [-0.3, -0.25) is 0 Å². The van der Waals surface area contributed by atoms with Gasteiger partial charge in [0.15, 0.2) is 0 Å². The van der Waals surface area contributed by atoms with Crippen LogP contribution in [-0.2, 0) is 5.75 Å². The molecule has 0 atom stereocenters. The molecular formula is C22H16N4O2S. The van der Waals surface area contributed by atoms with Crippen LogP contribution < -0.4 is 5.63 Å². The normalized spacial score (nSPS) is 11.3. The van der Waals surface area contributed by atoms with Crippen molar-refractivity contribution in [1.29, 1.82) is 0 Å². The van der Waals surface area contributed by atoms with Gasteiger partial charge in [0, 0.05) is 17.2 Å². The molecule has 0 aliphatic carbocycles. The van der Waals surface area contributed by atoms with Gasteiger partial charge in [-0.25, -0.2) is 4.79 Å². The average Bonchev–Trinajstić information content (AvgIpc) is 3.20. The largest absolute Gasteiger partial charge is 0.423 e. The fourth-order valence-electron chi connectivity index (χ4n) is 3.47. The van der Waals surface area contributed by atoms with Gasteiger partial charge < -0.3 is 4.42 Å². The van der Waals surface area contributed by atoms with Gasteiger partial charge in [-0.2, -0.15) is 4.68 Å². The first kappa shape index (κ1) is 17.6. The van der Waals surface area contributed by atoms with E-state index in [0.29, 0.717) is 16.5 Å². The molecule has 0 saturated heterocycles. The fraction of sp³-hybridized carbons (Fsp3) is 0.0909. The third kappa shape index (κ3) is 3.30. The van der Waals surface area contributed by atoms with Crippen molar-refractivity contribution in [1.82, 2.24) is 20.2 Å². The van der Waals surface area contributed by atoms with E-state index in [1.165, 1.54) is 11.8 Å². The van der Waals surface area contributed by atoms with Crippen LogP contribution in [0.3, 0.4) is 0 Å². The van der Waals surface area contributed by atoms with E-state index in [-0.39, 0.29) is 5.63 Å². The monoisotopic (exact) mass is 400 g/mol. The highest BCUT2D eigenvalue weighted by Crippen LogP contribution is 2.31. The minimum absolute atomic E-state index is 0.360. The number of thioether (sulfide) groups is 1. The number of hydrogen-bond donors (Lipinski definition) is 0. The third-order valence-corrected chi connectivity index (χ3v) is 5.73. The van der Waals surface area contributed by atoms with Gasteiger partial charge in [-0.05, 0) is 57.4 Å². The van der Waals surface area contributed by atoms with Crippen molar-refractivity contribution in [3.05, 3.63) is 88.3 Å². The molecule has 0 radical (unpaired) electrons. The number of rotatable bonds is 4. The van der Waals surface area contributed by atoms with E-state index in [1.54, 1.807) is 10.7 Å². The summed E-state index contributed by atoms with van der Waals surface area (Å²) < 4.78 is 7.16. The maximum atomic E-state index is 12.1. The van der Waals surface area contributed by atoms with Gasteiger partial charge in [-0.15, -0.1) is 5.10 Å². The molecule has 0 aliphatic rings. The molecule has 0 bridgehead atoms. The Morgan fingerprint density at radius 2 is 1.93 bits per heavy atom. The Morgan fingerprint density at radius 3 is 2.83 bits per heavy atom. The van der Waals surface area contributed by atoms with Gasteiger partial charge in [0.05, 0.1) is 5.69 Å². The molecule has 5 rings (SSSR count). The molecule has 0 saturated carbocycles. The summed E-state index contributed by atoms with van der Waals surface area (Å²) in [4.78, 5) is 12.1. The Morgan fingerprint density at radius 1 is 1.03 bits per heavy atom. The molecule has 5 aromatic rings. The topological polar surface area (TPSA) is 73.8 Å². The van der Waals surface area contributed by atoms with Crippen molar-refractivity contribution in [2.75, 3.05) is 0 Å². The smallest absolute Gasteiger partial charge is 0.336 e. The van der Waals surface area contributed by atoms with Crippen LogP contribution in [0.25, 0.3) is 27.4 Å². The molecule has 0 amide bonds. The zero-order chi connectivity index (χ0) is 19.8. The molecule has 142 valence electrons. The highest BCUT2D eigenvalue weighted by molar-refractivity contribution is 7.98. The zero-order valence-corrected chi connectivity index (χ0v) is 16.4. The minimum Gasteiger partial charge on any atom is -0.423 e. The third-order valence-electron chi connectivity index (χ3n) is 4.76. The van der Waals surface area contributed by atoms with Gasteiger partial charge >= 0.3 is 5.63 Å². The molecule has 0 N–H and O–H groups in total. The van der Waals surface area contributed by atoms with Crippen molar-refractivity contribution in [2.45, 2.75) is 17.8 Å². The molecule has 29 heavy (non-hydrogen) atoms. The van der Waals surface area contributed by atoms with E-state index < -0.39 is 0 Å². The van der Waals surface area contributed by atoms with Crippen molar-refractivity contribution in [2.24, 2.45) is 0 Å². The number of tetrazole rings is 1. The Hall–Kier alpha value is -3.45. The summed E-state index contributed by atoms with van der Waals surface area (Å²) in [5.41, 5.74) is 3.16. The van der Waals surface area contributed by atoms with Crippen LogP contribution in [0.1, 0.15) is 11.1 Å². The van der Waals surface area contributed by atoms with Crippen LogP contribution in [0.5, 0.6) is 0 Å². The molecule has 3 aromatic carbocycles. The lowest BCUT2D eigenvalue weighted by Gasteiger charge is -2.09. The van der Waals surface area contributed by atoms with Crippen LogP contribution in [-0.4, -0.2) is 20.2 Å². The predicted octanol–water partition coefficient (Wildman–Crippen LogP) is 4.52. The lowest BCUT2D eigenvalue weighted by molar-refractivity contribution is 0.560. The first-order valence-electron chi connectivity index (χ1n) is 9.12. The second kappa shape index (κ2) is 7.18. The minimum atomic E-state index is -0.360. The van der Waals surface area contributed by atoms with E-state index in [0.717, 1.165) is 33.0 Å². The van der Waals surface area contributed by atoms with Crippen LogP contribution in [0.2, 0.25) is 0 Å². The standard InChI is InChI=1S/C22H16N4O2S/c1-14-5-4-7-17(11-14)26-22(23-24-25-26)29-13-16-12-20(27)28-19-10-9-15-6-2-3-8-18(15)21(16)19/h2-12H,13H2,1H3. The SMILES string of the molecule is Cc1cccc(-n2nnnc2SCc2cc(=O)oc3ccc4ccccc4c23)c1. The van der Waals surface area contributed by atoms with E-state index in [4.69, 9.17) is 4.42 Å². The van der Waals surface area contributed by atoms with Crippen LogP contribution in [0, 0.1) is 6.92 Å². The fourth-order valence-corrected chi connectivity index (χ4v) is 4.34. The molecule has 0 aliphatic heterocycles. The first-order chi connectivity index (χ1) is 14.2. The van der Waals surface area contributed by atoms with E-state index in [9.17, 15) is 4.79 Å². The summed E-state index contributed by atoms with van der Waals surface area (Å²) in [6.45, 7) is 2.03. The van der Waals surface area contributed by atoms with Gasteiger partial charge in [0.25, 0.3) is 0 Å². The lowest BCUT2D eigenvalue weighted by Crippen LogP contribution is -2.02. The lowest BCUT2D eigenvalue weighted by atomic mass is 10.0. The quantitative estimate of drug-likeness (QED) is 0.251. The maximum absolute atomic E-state index is 12.1. The number of hydrogen-bond acceptors (Lipinski definition) is 6. The van der Waals surface area contributed by atoms with E-state index in [1.807, 2.05) is 61.5 Å². The highest BCUT2D eigenvalue weighted by atomic mass is 32.2. The van der Waals surface area contributed by atoms with Crippen LogP contribution in [0.15, 0.2) is 81.1 Å². The second-order valence-corrected chi connectivity index (χ2v) is 7.69. The number of fused-ring (bicyclic) bond motifs is 3. The second-order valence-electron chi connectivity index (χ2n) is 6.75. The van der Waals surface area contributed by atoms with Crippen molar-refractivity contribution in [3.8, 4) is 5.69 Å². The molecule has 6 nitrogen and oxygen atoms in total. The Balaban J connectivity index is 1.56. The van der Waals surface area contributed by atoms with E-state index in [2.05, 4.69) is 21.6 Å². The maximum Gasteiger partial charge on any atom is 0.336 e. The summed E-state index contributed by atoms with van der Waals surface area (Å²) in [5.74, 6) is 0.544. The summed E-state index contributed by atoms with van der Waals surface area (Å²) >= 11 is 1.49. The summed E-state index contributed by atoms with van der Waals surface area (Å²) in [6, 6.07) is 21.5. The van der Waals surface area contributed by atoms with Crippen molar-refractivity contribution >= 4 is 33.5 Å². The first-order valence-corrected chi connectivity index (χ1v) is 10.1. The summed E-state index contributed by atoms with van der Waals surface area (Å²) in [5, 5.41) is 15.9. The Labute approximate surface area is 170 Å². The number of nitrogens with zero attached hydrogens (tertiary/aromatic N) is 4. The van der Waals surface area contributed by atoms with Crippen LogP contribution >= 0.6 is 11.8 Å². The molecular weight excluding hydrogens is 384 g/mol. The molecule has 2 heterocycles. The molecule has 2 aromatic heterocycles. The van der Waals surface area contributed by atoms with Crippen molar-refractivity contribution in [3.63, 3.8) is 0 Å². The molecule has 7 heteroatoms. The molecule has 0 fully saturated rings. The average molecular weight is 400 g/mol. The van der Waals surface area contributed by atoms with Gasteiger partial charge in [-0.1, -0.05) is 54.2 Å². The Kier molecular flexibility index (Phi) is 4.37. The highest BCUT2D eigenvalue weighted by Gasteiger charge is 2.13. The van der Waals surface area contributed by atoms with E-state index >= 15 is 0 Å². The number of aryl methyl sites for hydroxylation is 1. The summed E-state index contributed by atoms with van der Waals surface area (Å²) in [6.07, 6.45) is 0. The predicted molar refractivity (Wildman–Crippen MR) is 113 cm³/mol. The molecule has 0 spiro atoms. The van der Waals surface area contributed by atoms with Gasteiger partial charge in [0.1, 0.15) is 5.58 Å². The van der Waals surface area contributed by atoms with Gasteiger partial charge in [0.2, 0.25) is 5.16 Å². The Bertz CT molecular complexity index is 1410. The number of benzene rings is 3. The number of aromatic nitrogens is 4.